The Hall–Kier alpha value is -1.45. The van der Waals surface area contributed by atoms with Crippen LogP contribution in [0.25, 0.3) is 0 Å². The summed E-state index contributed by atoms with van der Waals surface area (Å²) >= 11 is 2.19. The van der Waals surface area contributed by atoms with E-state index in [1.807, 2.05) is 24.3 Å². The Morgan fingerprint density at radius 2 is 1.92 bits per heavy atom. The van der Waals surface area contributed by atoms with E-state index in [9.17, 15) is 9.59 Å². The summed E-state index contributed by atoms with van der Waals surface area (Å²) in [5.74, 6) is -0.762. The summed E-state index contributed by atoms with van der Waals surface area (Å²) in [6.07, 6.45) is 2.67. The molecule has 1 heterocycles. The van der Waals surface area contributed by atoms with Gasteiger partial charge in [-0.3, -0.25) is 9.59 Å². The Kier molecular flexibility index (Phi) is 7.60. The molecule has 1 aromatic rings. The van der Waals surface area contributed by atoms with E-state index in [2.05, 4.69) is 22.6 Å². The van der Waals surface area contributed by atoms with Crippen LogP contribution in [0.1, 0.15) is 32.8 Å². The highest BCUT2D eigenvalue weighted by atomic mass is 127. The van der Waals surface area contributed by atoms with Crippen molar-refractivity contribution in [2.75, 3.05) is 13.2 Å². The van der Waals surface area contributed by atoms with Gasteiger partial charge in [0.1, 0.15) is 12.0 Å². The molecule has 2 rings (SSSR count). The highest BCUT2D eigenvalue weighted by molar-refractivity contribution is 14.1. The van der Waals surface area contributed by atoms with E-state index in [0.29, 0.717) is 6.42 Å². The van der Waals surface area contributed by atoms with Crippen molar-refractivity contribution in [3.63, 3.8) is 0 Å². The number of esters is 2. The second-order valence-corrected chi connectivity index (χ2v) is 6.98. The molecule has 0 radical (unpaired) electrons. The van der Waals surface area contributed by atoms with E-state index in [4.69, 9.17) is 18.9 Å². The van der Waals surface area contributed by atoms with Gasteiger partial charge in [0.15, 0.2) is 12.6 Å². The summed E-state index contributed by atoms with van der Waals surface area (Å²) in [6, 6.07) is 7.59. The fourth-order valence-electron chi connectivity index (χ4n) is 2.80. The molecule has 7 heteroatoms. The summed E-state index contributed by atoms with van der Waals surface area (Å²) in [5, 5.41) is 0. The Morgan fingerprint density at radius 3 is 2.50 bits per heavy atom. The normalized spacial score (nSPS) is 21.7. The average Bonchev–Trinajstić information content (AvgIpc) is 2.57. The minimum atomic E-state index is -1.13. The van der Waals surface area contributed by atoms with Gasteiger partial charge in [-0.25, -0.2) is 0 Å². The van der Waals surface area contributed by atoms with Crippen molar-refractivity contribution in [1.29, 1.82) is 0 Å². The SMILES string of the molecule is CCOC(=O)C(C/C=C\COC(C)=O)(c1ccccc1I)C1OC(C)O1. The van der Waals surface area contributed by atoms with Gasteiger partial charge in [0.05, 0.1) is 6.61 Å². The van der Waals surface area contributed by atoms with Crippen molar-refractivity contribution < 1.29 is 28.5 Å². The molecule has 1 unspecified atom stereocenters. The van der Waals surface area contributed by atoms with Crippen LogP contribution in [0.4, 0.5) is 0 Å². The van der Waals surface area contributed by atoms with Crippen molar-refractivity contribution >= 4 is 34.5 Å². The number of carbonyl (C=O) groups excluding carboxylic acids is 2. The molecular formula is C19H23IO6. The first-order valence-electron chi connectivity index (χ1n) is 8.43. The zero-order valence-electron chi connectivity index (χ0n) is 15.1. The largest absolute Gasteiger partial charge is 0.465 e. The Labute approximate surface area is 167 Å². The fraction of sp³-hybridized carbons (Fsp3) is 0.474. The van der Waals surface area contributed by atoms with E-state index in [0.717, 1.165) is 9.13 Å². The van der Waals surface area contributed by atoms with E-state index in [1.54, 1.807) is 26.0 Å². The van der Waals surface area contributed by atoms with Gasteiger partial charge in [0, 0.05) is 10.5 Å². The number of ether oxygens (including phenoxy) is 4. The number of halogens is 1. The van der Waals surface area contributed by atoms with Gasteiger partial charge < -0.3 is 18.9 Å². The van der Waals surface area contributed by atoms with Gasteiger partial charge in [-0.15, -0.1) is 0 Å². The maximum Gasteiger partial charge on any atom is 0.322 e. The number of carbonyl (C=O) groups is 2. The summed E-state index contributed by atoms with van der Waals surface area (Å²) in [6.45, 7) is 5.28. The fourth-order valence-corrected chi connectivity index (χ4v) is 3.67. The number of hydrogen-bond donors (Lipinski definition) is 0. The second-order valence-electron chi connectivity index (χ2n) is 5.82. The molecule has 6 nitrogen and oxygen atoms in total. The van der Waals surface area contributed by atoms with E-state index in [-0.39, 0.29) is 25.5 Å². The van der Waals surface area contributed by atoms with Gasteiger partial charge in [-0.1, -0.05) is 30.4 Å². The van der Waals surface area contributed by atoms with Crippen LogP contribution in [0.5, 0.6) is 0 Å². The van der Waals surface area contributed by atoms with Crippen LogP contribution >= 0.6 is 22.6 Å². The first-order valence-corrected chi connectivity index (χ1v) is 9.51. The monoisotopic (exact) mass is 474 g/mol. The molecule has 1 aliphatic rings. The lowest BCUT2D eigenvalue weighted by Crippen LogP contribution is -2.58. The van der Waals surface area contributed by atoms with Gasteiger partial charge in [0.25, 0.3) is 0 Å². The highest BCUT2D eigenvalue weighted by Crippen LogP contribution is 2.43. The van der Waals surface area contributed by atoms with Crippen LogP contribution in [-0.2, 0) is 34.0 Å². The van der Waals surface area contributed by atoms with Crippen LogP contribution in [-0.4, -0.2) is 37.7 Å². The molecule has 1 fully saturated rings. The average molecular weight is 474 g/mol. The molecule has 1 aliphatic heterocycles. The van der Waals surface area contributed by atoms with E-state index in [1.165, 1.54) is 6.92 Å². The van der Waals surface area contributed by atoms with Crippen LogP contribution in [0.3, 0.4) is 0 Å². The van der Waals surface area contributed by atoms with Gasteiger partial charge in [-0.2, -0.15) is 0 Å². The molecule has 0 saturated carbocycles. The summed E-state index contributed by atoms with van der Waals surface area (Å²) in [5.41, 5.74) is -0.347. The Morgan fingerprint density at radius 1 is 1.23 bits per heavy atom. The van der Waals surface area contributed by atoms with Crippen molar-refractivity contribution in [3.05, 3.63) is 45.6 Å². The Bertz CT molecular complexity index is 668. The predicted molar refractivity (Wildman–Crippen MR) is 103 cm³/mol. The molecule has 1 aromatic carbocycles. The number of rotatable bonds is 8. The zero-order valence-corrected chi connectivity index (χ0v) is 17.2. The van der Waals surface area contributed by atoms with Crippen molar-refractivity contribution in [2.24, 2.45) is 0 Å². The molecule has 1 atom stereocenters. The predicted octanol–water partition coefficient (Wildman–Crippen LogP) is 3.32. The molecule has 0 bridgehead atoms. The molecule has 0 aromatic heterocycles. The number of allylic oxidation sites excluding steroid dienone is 1. The van der Waals surface area contributed by atoms with Gasteiger partial charge >= 0.3 is 11.9 Å². The Balaban J connectivity index is 2.38. The molecule has 142 valence electrons. The lowest BCUT2D eigenvalue weighted by molar-refractivity contribution is -0.394. The third kappa shape index (κ3) is 4.63. The summed E-state index contributed by atoms with van der Waals surface area (Å²) in [7, 11) is 0. The first-order chi connectivity index (χ1) is 12.4. The smallest absolute Gasteiger partial charge is 0.322 e. The van der Waals surface area contributed by atoms with Crippen LogP contribution in [0.15, 0.2) is 36.4 Å². The maximum absolute atomic E-state index is 13.0. The van der Waals surface area contributed by atoms with Crippen molar-refractivity contribution in [3.8, 4) is 0 Å². The molecule has 0 aliphatic carbocycles. The lowest BCUT2D eigenvalue weighted by Gasteiger charge is -2.45. The standard InChI is InChI=1S/C19H23IO6/c1-4-23-17(22)19(18-25-14(3)26-18,11-7-8-12-24-13(2)21)15-9-5-6-10-16(15)20/h5-10,14,18H,4,11-12H2,1-3H3/b8-7-. The van der Waals surface area contributed by atoms with E-state index < -0.39 is 17.7 Å². The maximum atomic E-state index is 13.0. The lowest BCUT2D eigenvalue weighted by atomic mass is 9.76. The molecule has 0 spiro atoms. The minimum Gasteiger partial charge on any atom is -0.465 e. The molecule has 1 saturated heterocycles. The second kappa shape index (κ2) is 9.48. The highest BCUT2D eigenvalue weighted by Gasteiger charge is 2.55. The van der Waals surface area contributed by atoms with Gasteiger partial charge in [0.2, 0.25) is 0 Å². The van der Waals surface area contributed by atoms with Crippen LogP contribution in [0.2, 0.25) is 0 Å². The summed E-state index contributed by atoms with van der Waals surface area (Å²) in [4.78, 5) is 23.9. The quantitative estimate of drug-likeness (QED) is 0.327. The van der Waals surface area contributed by atoms with Crippen LogP contribution in [0, 0.1) is 3.57 Å². The molecular weight excluding hydrogens is 451 g/mol. The third-order valence-electron chi connectivity index (χ3n) is 4.02. The molecule has 0 amide bonds. The van der Waals surface area contributed by atoms with Crippen molar-refractivity contribution in [2.45, 2.75) is 45.2 Å². The zero-order chi connectivity index (χ0) is 19.2. The first kappa shape index (κ1) is 20.9. The minimum absolute atomic E-state index is 0.142. The number of hydrogen-bond acceptors (Lipinski definition) is 6. The van der Waals surface area contributed by atoms with Gasteiger partial charge in [-0.05, 0) is 54.5 Å². The van der Waals surface area contributed by atoms with E-state index >= 15 is 0 Å². The van der Waals surface area contributed by atoms with Crippen LogP contribution < -0.4 is 0 Å². The third-order valence-corrected chi connectivity index (χ3v) is 4.96. The molecule has 0 N–H and O–H groups in total. The summed E-state index contributed by atoms with van der Waals surface area (Å²) < 4.78 is 22.7. The number of benzene rings is 1. The molecule has 26 heavy (non-hydrogen) atoms. The topological polar surface area (TPSA) is 71.1 Å². The van der Waals surface area contributed by atoms with Crippen molar-refractivity contribution in [1.82, 2.24) is 0 Å².